The number of rotatable bonds is 56. The molecule has 0 aliphatic heterocycles. The van der Waals surface area contributed by atoms with Gasteiger partial charge in [-0.25, -0.2) is 31.9 Å². The number of unbranched alkanes of at least 4 members (excludes halogenated alkanes) is 5. The van der Waals surface area contributed by atoms with Gasteiger partial charge in [-0.05, 0) is 188 Å². The maximum absolute atomic E-state index is 15.3. The van der Waals surface area contributed by atoms with Crippen LogP contribution >= 0.6 is 12.6 Å². The number of carboxylic acids is 1. The number of carboxylic acid groups (broad SMARTS) is 1. The topological polar surface area (TPSA) is 491 Å². The van der Waals surface area contributed by atoms with Crippen LogP contribution in [0.25, 0.3) is 0 Å². The van der Waals surface area contributed by atoms with E-state index in [1.807, 2.05) is 60.7 Å². The Morgan fingerprint density at radius 2 is 0.624 bits per heavy atom. The number of hydrogen-bond acceptors (Lipinski definition) is 21. The van der Waals surface area contributed by atoms with E-state index in [0.29, 0.717) is 82.1 Å². The Kier molecular flexibility index (Phi) is 43.5. The molecule has 4 rings (SSSR count). The van der Waals surface area contributed by atoms with Crippen LogP contribution in [0.4, 0.5) is 0 Å². The fourth-order valence-electron chi connectivity index (χ4n) is 11.5. The summed E-state index contributed by atoms with van der Waals surface area (Å²) < 4.78 is 48.9. The molecule has 32 nitrogen and oxygen atoms in total. The molecule has 0 saturated carbocycles. The summed E-state index contributed by atoms with van der Waals surface area (Å²) in [6, 6.07) is 28.3. The Bertz CT molecular complexity index is 3710. The van der Waals surface area contributed by atoms with Gasteiger partial charge in [0.15, 0.2) is 0 Å². The Morgan fingerprint density at radius 1 is 0.358 bits per heavy atom. The number of carbonyl (C=O) groups is 10. The number of aliphatic carboxylic acids is 1. The second kappa shape index (κ2) is 51.1. The molecule has 0 saturated heterocycles. The number of thiol groups is 1. The van der Waals surface area contributed by atoms with Gasteiger partial charge < -0.3 is 83.6 Å². The van der Waals surface area contributed by atoms with Crippen LogP contribution in [0.15, 0.2) is 119 Å². The molecule has 0 heterocycles. The molecule has 109 heavy (non-hydrogen) atoms. The van der Waals surface area contributed by atoms with E-state index >= 15 is 24.0 Å². The van der Waals surface area contributed by atoms with Crippen LogP contribution in [-0.2, 0) is 93.7 Å². The molecule has 1 unspecified atom stereocenters. The third-order valence-corrected chi connectivity index (χ3v) is 20.1. The number of nitrogens with zero attached hydrogens (tertiary/aromatic N) is 8. The smallest absolute Gasteiger partial charge is 0.326 e. The van der Waals surface area contributed by atoms with Crippen LogP contribution in [0.5, 0.6) is 0 Å². The van der Waals surface area contributed by atoms with Crippen molar-refractivity contribution in [2.24, 2.45) is 38.9 Å². The summed E-state index contributed by atoms with van der Waals surface area (Å²) in [7, 11) is -8.23. The summed E-state index contributed by atoms with van der Waals surface area (Å²) in [5.74, 6) is -7.12. The number of sulfonamides is 2. The number of nitrogens with two attached hydrogens (primary N) is 7. The molecule has 35 heteroatoms. The fraction of sp³-hybridized carbons (Fsp3) is 0.541. The largest absolute Gasteiger partial charge is 0.480 e. The van der Waals surface area contributed by atoms with Crippen molar-refractivity contribution in [2.75, 3.05) is 156 Å². The first-order valence-electron chi connectivity index (χ1n) is 37.0. The number of primary sulfonamides is 2. The van der Waals surface area contributed by atoms with Gasteiger partial charge in [-0.1, -0.05) is 84.9 Å². The van der Waals surface area contributed by atoms with E-state index in [2.05, 4.69) is 23.3 Å². The summed E-state index contributed by atoms with van der Waals surface area (Å²) >= 11 is 4.11. The van der Waals surface area contributed by atoms with Gasteiger partial charge >= 0.3 is 5.97 Å². The third kappa shape index (κ3) is 36.3. The van der Waals surface area contributed by atoms with Gasteiger partial charge in [-0.3, -0.25) is 43.2 Å². The van der Waals surface area contributed by atoms with Gasteiger partial charge in [0.05, 0.1) is 68.7 Å². The van der Waals surface area contributed by atoms with Gasteiger partial charge in [0.25, 0.3) is 0 Å². The highest BCUT2D eigenvalue weighted by molar-refractivity contribution is 7.89. The minimum Gasteiger partial charge on any atom is -0.480 e. The first-order chi connectivity index (χ1) is 52.1. The first kappa shape index (κ1) is 92.9. The SMILES string of the molecule is NCCCCNCC(=O)N(CCc1ccccc1)CC(=O)N(CCCCN)CC(=O)N(CCc1ccccc1)CC(=O)N(CCCCN)CC(=O)N(CCCCN)CC(=O)N(CCc1ccc(S(N)(=O)=O)cc1)CC(=O)N(CCc1ccc(S(N)(=O)=O)cc1)CC(=O)N(CCCCN)CC(=O)NC(CCS)C(=O)O. The Balaban J connectivity index is 1.76. The van der Waals surface area contributed by atoms with Crippen molar-refractivity contribution in [3.05, 3.63) is 131 Å². The van der Waals surface area contributed by atoms with Crippen LogP contribution < -0.4 is 49.6 Å². The second-order valence-electron chi connectivity index (χ2n) is 26.5. The van der Waals surface area contributed by atoms with Crippen LogP contribution in [0, 0.1) is 0 Å². The van der Waals surface area contributed by atoms with Crippen LogP contribution in [0.2, 0.25) is 0 Å². The number of carbonyl (C=O) groups excluding carboxylic acids is 9. The minimum atomic E-state index is -4.12. The monoisotopic (exact) mass is 1580 g/mol. The van der Waals surface area contributed by atoms with Crippen molar-refractivity contribution < 1.29 is 69.9 Å². The van der Waals surface area contributed by atoms with E-state index in [0.717, 1.165) is 38.7 Å². The molecule has 0 fully saturated rings. The zero-order valence-electron chi connectivity index (χ0n) is 62.6. The summed E-state index contributed by atoms with van der Waals surface area (Å²) in [6.45, 7) is -3.03. The third-order valence-electron chi connectivity index (χ3n) is 18.0. The van der Waals surface area contributed by atoms with E-state index in [1.54, 1.807) is 0 Å². The molecule has 9 amide bonds. The Morgan fingerprint density at radius 3 is 0.899 bits per heavy atom. The van der Waals surface area contributed by atoms with Crippen molar-refractivity contribution in [1.82, 2.24) is 49.8 Å². The molecular formula is C74H115N17O15S3. The quantitative estimate of drug-likeness (QED) is 0.0188. The summed E-state index contributed by atoms with van der Waals surface area (Å²) in [5.41, 5.74) is 32.1. The molecule has 0 aliphatic rings. The molecule has 4 aromatic rings. The maximum atomic E-state index is 15.3. The lowest BCUT2D eigenvalue weighted by atomic mass is 10.1. The molecule has 0 bridgehead atoms. The van der Waals surface area contributed by atoms with Crippen LogP contribution in [-0.4, -0.2) is 283 Å². The predicted molar refractivity (Wildman–Crippen MR) is 418 cm³/mol. The zero-order chi connectivity index (χ0) is 80.2. The van der Waals surface area contributed by atoms with Crippen molar-refractivity contribution in [1.29, 1.82) is 0 Å². The fourth-order valence-corrected chi connectivity index (χ4v) is 12.8. The highest BCUT2D eigenvalue weighted by Crippen LogP contribution is 2.16. The lowest BCUT2D eigenvalue weighted by Crippen LogP contribution is -2.53. The number of hydrogen-bond donors (Lipinski definition) is 11. The average Bonchev–Trinajstić information content (AvgIpc) is 0.852. The van der Waals surface area contributed by atoms with Crippen molar-refractivity contribution in [2.45, 2.75) is 112 Å². The predicted octanol–water partition coefficient (Wildman–Crippen LogP) is -0.946. The highest BCUT2D eigenvalue weighted by atomic mass is 32.2. The molecular weight excluding hydrogens is 1460 g/mol. The lowest BCUT2D eigenvalue weighted by molar-refractivity contribution is -0.148. The Hall–Kier alpha value is -8.49. The van der Waals surface area contributed by atoms with Gasteiger partial charge in [0.1, 0.15) is 6.04 Å². The molecule has 0 aliphatic carbocycles. The van der Waals surface area contributed by atoms with E-state index in [1.165, 1.54) is 73.0 Å². The van der Waals surface area contributed by atoms with Crippen LogP contribution in [0.1, 0.15) is 92.9 Å². The molecule has 4 aromatic carbocycles. The van der Waals surface area contributed by atoms with E-state index in [9.17, 15) is 45.9 Å². The molecule has 0 spiro atoms. The molecule has 1 atom stereocenters. The standard InChI is InChI=1S/C74H115N17O15S3/c75-34-7-12-39-82-49-66(93)88(44-29-58-17-3-1-4-18-58)54-69(96)87(43-16-11-38-79)53-71(98)89(45-30-59-19-5-2-6-20-59)56-70(97)85(41-14-9-36-77)51-68(95)86(42-15-10-37-78)52-72(99)91(47-32-61-23-27-63(28-24-61)109(81,105)106)57-73(100)90(46-31-60-21-25-62(26-22-60)108(80,103)104)55-67(94)84(40-13-8-35-76)50-65(92)83-64(33-48-107)74(101)102/h1-6,17-28,64,82,107H,7-16,29-57,75-79H2,(H,83,92)(H,101,102)(H2,80,103,104)(H2,81,105,106). The lowest BCUT2D eigenvalue weighted by Gasteiger charge is -2.33. The van der Waals surface area contributed by atoms with Crippen LogP contribution in [0.3, 0.4) is 0 Å². The zero-order valence-corrected chi connectivity index (χ0v) is 65.1. The normalized spacial score (nSPS) is 11.6. The number of nitrogens with one attached hydrogen (secondary N) is 2. The number of amides is 9. The first-order valence-corrected chi connectivity index (χ1v) is 40.7. The van der Waals surface area contributed by atoms with Gasteiger partial charge in [-0.2, -0.15) is 12.6 Å². The minimum absolute atomic E-state index is 0.00163. The van der Waals surface area contributed by atoms with Crippen molar-refractivity contribution in [3.8, 4) is 0 Å². The van der Waals surface area contributed by atoms with Gasteiger partial charge in [0, 0.05) is 52.4 Å². The maximum Gasteiger partial charge on any atom is 0.326 e. The average molecular weight is 1580 g/mol. The van der Waals surface area contributed by atoms with Crippen molar-refractivity contribution >= 4 is 91.8 Å². The second-order valence-corrected chi connectivity index (χ2v) is 30.1. The van der Waals surface area contributed by atoms with Crippen molar-refractivity contribution in [3.63, 3.8) is 0 Å². The number of benzene rings is 4. The molecule has 0 radical (unpaired) electrons. The summed E-state index contributed by atoms with van der Waals surface area (Å²) in [5, 5.41) is 26.1. The summed E-state index contributed by atoms with van der Waals surface area (Å²) in [4.78, 5) is 154. The molecule has 0 aromatic heterocycles. The van der Waals surface area contributed by atoms with E-state index < -0.39 is 125 Å². The molecule has 17 N–H and O–H groups in total. The molecule has 604 valence electrons. The summed E-state index contributed by atoms with van der Waals surface area (Å²) in [6.07, 6.45) is 5.29. The Labute approximate surface area is 646 Å². The van der Waals surface area contributed by atoms with Gasteiger partial charge in [-0.15, -0.1) is 0 Å². The van der Waals surface area contributed by atoms with Gasteiger partial charge in [0.2, 0.25) is 73.2 Å². The van der Waals surface area contributed by atoms with E-state index in [-0.39, 0.29) is 139 Å². The highest BCUT2D eigenvalue weighted by Gasteiger charge is 2.32. The van der Waals surface area contributed by atoms with E-state index in [4.69, 9.17) is 38.9 Å².